The first-order valence-corrected chi connectivity index (χ1v) is 16.0. The van der Waals surface area contributed by atoms with Crippen LogP contribution in [0, 0.1) is 11.6 Å². The van der Waals surface area contributed by atoms with Crippen molar-refractivity contribution in [2.24, 2.45) is 0 Å². The van der Waals surface area contributed by atoms with Crippen LogP contribution in [0.4, 0.5) is 8.78 Å². The van der Waals surface area contributed by atoms with E-state index in [4.69, 9.17) is 0 Å². The molecule has 0 amide bonds. The predicted molar refractivity (Wildman–Crippen MR) is 187 cm³/mol. The third kappa shape index (κ3) is 3.59. The zero-order valence-electron chi connectivity index (χ0n) is 26.3. The second kappa shape index (κ2) is 9.23. The number of benzene rings is 7. The molecule has 0 atom stereocenters. The average molecular weight is 599 g/mol. The lowest BCUT2D eigenvalue weighted by Crippen LogP contribution is -2.17. The molecule has 222 valence electrons. The largest absolute Gasteiger partial charge is 0.207 e. The van der Waals surface area contributed by atoms with Crippen LogP contribution in [-0.4, -0.2) is 0 Å². The van der Waals surface area contributed by atoms with Gasteiger partial charge in [-0.15, -0.1) is 0 Å². The van der Waals surface area contributed by atoms with Crippen LogP contribution in [0.5, 0.6) is 0 Å². The molecule has 9 rings (SSSR count). The Labute approximate surface area is 268 Å². The minimum atomic E-state index is -0.232. The molecule has 0 N–H and O–H groups in total. The van der Waals surface area contributed by atoms with Gasteiger partial charge in [0.2, 0.25) is 0 Å². The van der Waals surface area contributed by atoms with Crippen molar-refractivity contribution in [3.63, 3.8) is 0 Å². The molecule has 0 aromatic heterocycles. The standard InChI is InChI=1S/C44H32F2/c1-43(2)39-23-36-38-22-34(26-15-19-28(46)20-16-26)30-10-6-8-12-32(30)42(38)44(3,4)40(36)24-35(39)37-21-33(25-13-17-27(45)18-14-25)29-9-5-7-11-31(29)41(37)43/h5-24H,1-4H3. The van der Waals surface area contributed by atoms with E-state index in [2.05, 4.69) is 100 Å². The molecule has 7 aromatic rings. The van der Waals surface area contributed by atoms with E-state index in [1.54, 1.807) is 24.3 Å². The zero-order valence-corrected chi connectivity index (χ0v) is 26.3. The summed E-state index contributed by atoms with van der Waals surface area (Å²) in [6, 6.07) is 40.6. The van der Waals surface area contributed by atoms with E-state index in [-0.39, 0.29) is 22.5 Å². The second-order valence-corrected chi connectivity index (χ2v) is 14.0. The first-order chi connectivity index (χ1) is 22.1. The quantitative estimate of drug-likeness (QED) is 0.186. The van der Waals surface area contributed by atoms with E-state index in [1.807, 2.05) is 24.3 Å². The van der Waals surface area contributed by atoms with E-state index in [0.717, 1.165) is 22.3 Å². The normalized spacial score (nSPS) is 15.1. The Morgan fingerprint density at radius 2 is 0.717 bits per heavy atom. The second-order valence-electron chi connectivity index (χ2n) is 14.0. The number of fused-ring (bicyclic) bond motifs is 10. The maximum absolute atomic E-state index is 14.0. The van der Waals surface area contributed by atoms with Crippen molar-refractivity contribution in [2.75, 3.05) is 0 Å². The number of halogens is 2. The maximum Gasteiger partial charge on any atom is 0.123 e. The molecule has 0 fully saturated rings. The highest BCUT2D eigenvalue weighted by Crippen LogP contribution is 2.59. The van der Waals surface area contributed by atoms with Crippen LogP contribution in [0.1, 0.15) is 49.9 Å². The molecule has 0 saturated carbocycles. The molecule has 2 aliphatic carbocycles. The molecule has 2 heteroatoms. The van der Waals surface area contributed by atoms with Crippen LogP contribution in [0.15, 0.2) is 121 Å². The summed E-state index contributed by atoms with van der Waals surface area (Å²) in [6.45, 7) is 9.39. The summed E-state index contributed by atoms with van der Waals surface area (Å²) in [5.41, 5.74) is 14.2. The number of rotatable bonds is 2. The first kappa shape index (κ1) is 27.2. The fraction of sp³-hybridized carbons (Fsp3) is 0.136. The van der Waals surface area contributed by atoms with Gasteiger partial charge in [0.25, 0.3) is 0 Å². The lowest BCUT2D eigenvalue weighted by Gasteiger charge is -2.25. The minimum Gasteiger partial charge on any atom is -0.207 e. The van der Waals surface area contributed by atoms with Crippen molar-refractivity contribution in [3.8, 4) is 44.5 Å². The maximum atomic E-state index is 14.0. The summed E-state index contributed by atoms with van der Waals surface area (Å²) in [5, 5.41) is 4.85. The predicted octanol–water partition coefficient (Wildman–Crippen LogP) is 12.2. The Balaban J connectivity index is 1.33. The Bertz CT molecular complexity index is 2240. The topological polar surface area (TPSA) is 0 Å². The zero-order chi connectivity index (χ0) is 31.5. The molecular weight excluding hydrogens is 566 g/mol. The van der Waals surface area contributed by atoms with E-state index in [9.17, 15) is 8.78 Å². The van der Waals surface area contributed by atoms with Gasteiger partial charge < -0.3 is 0 Å². The SMILES string of the molecule is CC1(C)c2cc3c(cc2-c2cc(-c4ccc(F)cc4)c4ccccc4c21)C(C)(C)c1c-3cc(-c2ccc(F)cc2)c2ccccc12. The van der Waals surface area contributed by atoms with Gasteiger partial charge in [0.05, 0.1) is 0 Å². The van der Waals surface area contributed by atoms with Crippen molar-refractivity contribution in [3.05, 3.63) is 155 Å². The van der Waals surface area contributed by atoms with Crippen LogP contribution in [0.2, 0.25) is 0 Å². The highest BCUT2D eigenvalue weighted by molar-refractivity contribution is 6.09. The molecule has 2 aliphatic rings. The molecule has 0 heterocycles. The van der Waals surface area contributed by atoms with E-state index < -0.39 is 0 Å². The van der Waals surface area contributed by atoms with Gasteiger partial charge in [0, 0.05) is 10.8 Å². The molecule has 0 saturated heterocycles. The Hall–Kier alpha value is -5.08. The van der Waals surface area contributed by atoms with Gasteiger partial charge in [0.15, 0.2) is 0 Å². The van der Waals surface area contributed by atoms with Crippen molar-refractivity contribution < 1.29 is 8.78 Å². The van der Waals surface area contributed by atoms with Gasteiger partial charge in [-0.3, -0.25) is 0 Å². The Morgan fingerprint density at radius 1 is 0.370 bits per heavy atom. The molecular formula is C44H32F2. The van der Waals surface area contributed by atoms with E-state index in [1.165, 1.54) is 66.1 Å². The van der Waals surface area contributed by atoms with Gasteiger partial charge in [-0.25, -0.2) is 8.78 Å². The van der Waals surface area contributed by atoms with Crippen molar-refractivity contribution in [1.82, 2.24) is 0 Å². The lowest BCUT2D eigenvalue weighted by molar-refractivity contribution is 0.627. The fourth-order valence-electron chi connectivity index (χ4n) is 8.61. The van der Waals surface area contributed by atoms with E-state index >= 15 is 0 Å². The highest BCUT2D eigenvalue weighted by atomic mass is 19.1. The van der Waals surface area contributed by atoms with Crippen molar-refractivity contribution >= 4 is 21.5 Å². The van der Waals surface area contributed by atoms with Gasteiger partial charge in [-0.05, 0) is 137 Å². The molecule has 0 unspecified atom stereocenters. The van der Waals surface area contributed by atoms with Crippen molar-refractivity contribution in [1.29, 1.82) is 0 Å². The van der Waals surface area contributed by atoms with Gasteiger partial charge in [-0.1, -0.05) is 100 Å². The summed E-state index contributed by atoms with van der Waals surface area (Å²) in [7, 11) is 0. The van der Waals surface area contributed by atoms with Crippen LogP contribution >= 0.6 is 0 Å². The van der Waals surface area contributed by atoms with E-state index in [0.29, 0.717) is 0 Å². The van der Waals surface area contributed by atoms with Crippen molar-refractivity contribution in [2.45, 2.75) is 38.5 Å². The smallest absolute Gasteiger partial charge is 0.123 e. The summed E-state index contributed by atoms with van der Waals surface area (Å²) in [5.74, 6) is -0.457. The molecule has 7 aromatic carbocycles. The van der Waals surface area contributed by atoms with Gasteiger partial charge in [-0.2, -0.15) is 0 Å². The summed E-state index contributed by atoms with van der Waals surface area (Å²) in [6.07, 6.45) is 0. The Kier molecular flexibility index (Phi) is 5.47. The average Bonchev–Trinajstić information content (AvgIpc) is 3.43. The first-order valence-electron chi connectivity index (χ1n) is 16.0. The summed E-state index contributed by atoms with van der Waals surface area (Å²) in [4.78, 5) is 0. The molecule has 0 aliphatic heterocycles. The molecule has 0 spiro atoms. The third-order valence-electron chi connectivity index (χ3n) is 10.7. The molecule has 0 nitrogen and oxygen atoms in total. The fourth-order valence-corrected chi connectivity index (χ4v) is 8.61. The monoisotopic (exact) mass is 598 g/mol. The molecule has 0 radical (unpaired) electrons. The molecule has 0 bridgehead atoms. The van der Waals surface area contributed by atoms with Crippen LogP contribution in [0.25, 0.3) is 66.1 Å². The van der Waals surface area contributed by atoms with Crippen LogP contribution in [0.3, 0.4) is 0 Å². The summed E-state index contributed by atoms with van der Waals surface area (Å²) >= 11 is 0. The van der Waals surface area contributed by atoms with Crippen LogP contribution in [-0.2, 0) is 10.8 Å². The van der Waals surface area contributed by atoms with Crippen LogP contribution < -0.4 is 0 Å². The van der Waals surface area contributed by atoms with Gasteiger partial charge in [0.1, 0.15) is 11.6 Å². The highest BCUT2D eigenvalue weighted by Gasteiger charge is 2.43. The minimum absolute atomic E-state index is 0.229. The number of hydrogen-bond acceptors (Lipinski definition) is 0. The molecule has 46 heavy (non-hydrogen) atoms. The number of hydrogen-bond donors (Lipinski definition) is 0. The third-order valence-corrected chi connectivity index (χ3v) is 10.7. The van der Waals surface area contributed by atoms with Gasteiger partial charge >= 0.3 is 0 Å². The summed E-state index contributed by atoms with van der Waals surface area (Å²) < 4.78 is 27.9. The Morgan fingerprint density at radius 3 is 1.09 bits per heavy atom. The lowest BCUT2D eigenvalue weighted by atomic mass is 9.77.